The van der Waals surface area contributed by atoms with Gasteiger partial charge in [0.25, 0.3) is 0 Å². The molecule has 1 aromatic rings. The van der Waals surface area contributed by atoms with Crippen LogP contribution in [-0.4, -0.2) is 34.1 Å². The predicted octanol–water partition coefficient (Wildman–Crippen LogP) is 1.91. The van der Waals surface area contributed by atoms with E-state index in [0.717, 1.165) is 24.8 Å². The first-order valence-electron chi connectivity index (χ1n) is 8.42. The Morgan fingerprint density at radius 3 is 2.83 bits per heavy atom. The van der Waals surface area contributed by atoms with Gasteiger partial charge < -0.3 is 10.6 Å². The Hall–Kier alpha value is -1.89. The second-order valence-electron chi connectivity index (χ2n) is 6.35. The van der Waals surface area contributed by atoms with Gasteiger partial charge in [0.2, 0.25) is 11.8 Å². The van der Waals surface area contributed by atoms with E-state index in [4.69, 9.17) is 0 Å². The van der Waals surface area contributed by atoms with Crippen molar-refractivity contribution in [3.8, 4) is 0 Å². The van der Waals surface area contributed by atoms with Gasteiger partial charge >= 0.3 is 0 Å². The van der Waals surface area contributed by atoms with Crippen molar-refractivity contribution in [3.05, 3.63) is 29.8 Å². The topological polar surface area (TPSA) is 87.6 Å². The number of nitrogens with zero attached hydrogens (tertiary/aromatic N) is 1. The maximum Gasteiger partial charge on any atom is 0.236 e. The lowest BCUT2D eigenvalue weighted by atomic mass is 9.97. The Morgan fingerprint density at radius 1 is 1.29 bits per heavy atom. The van der Waals surface area contributed by atoms with Crippen molar-refractivity contribution in [2.75, 3.05) is 23.4 Å². The second kappa shape index (κ2) is 7.34. The number of piperidine rings is 1. The van der Waals surface area contributed by atoms with Gasteiger partial charge in [0.05, 0.1) is 6.54 Å². The highest BCUT2D eigenvalue weighted by Gasteiger charge is 2.28. The summed E-state index contributed by atoms with van der Waals surface area (Å²) in [6.45, 7) is 1.03. The molecule has 7 heteroatoms. The summed E-state index contributed by atoms with van der Waals surface area (Å²) in [5.74, 6) is 0.284. The van der Waals surface area contributed by atoms with Crippen molar-refractivity contribution in [1.29, 1.82) is 0 Å². The molecule has 2 amide bonds. The number of amides is 2. The van der Waals surface area contributed by atoms with E-state index >= 15 is 0 Å². The second-order valence-corrected chi connectivity index (χ2v) is 8.97. The Kier molecular flexibility index (Phi) is 5.18. The molecule has 1 unspecified atom stereocenters. The highest BCUT2D eigenvalue weighted by atomic mass is 32.2. The van der Waals surface area contributed by atoms with Gasteiger partial charge in [-0.25, -0.2) is 8.57 Å². The molecule has 24 heavy (non-hydrogen) atoms. The highest BCUT2D eigenvalue weighted by Crippen LogP contribution is 2.18. The Morgan fingerprint density at radius 2 is 2.08 bits per heavy atom. The number of carbonyl (C=O) groups excluding carboxylic acids is 2. The number of hydrogen-bond acceptors (Lipinski definition) is 4. The molecule has 2 heterocycles. The first kappa shape index (κ1) is 17.0. The molecule has 6 nitrogen and oxygen atoms in total. The molecule has 0 aliphatic carbocycles. The molecule has 3 rings (SSSR count). The molecule has 0 spiro atoms. The predicted molar refractivity (Wildman–Crippen MR) is 94.0 cm³/mol. The van der Waals surface area contributed by atoms with Crippen LogP contribution in [0.5, 0.6) is 0 Å². The van der Waals surface area contributed by atoms with Crippen LogP contribution in [0.25, 0.3) is 0 Å². The largest absolute Gasteiger partial charge is 0.355 e. The van der Waals surface area contributed by atoms with Gasteiger partial charge in [-0.15, -0.1) is 0 Å². The van der Waals surface area contributed by atoms with Crippen molar-refractivity contribution >= 4 is 27.2 Å². The van der Waals surface area contributed by atoms with Crippen LogP contribution < -0.4 is 10.6 Å². The molecule has 130 valence electrons. The highest BCUT2D eigenvalue weighted by molar-refractivity contribution is 7.93. The van der Waals surface area contributed by atoms with E-state index in [1.165, 1.54) is 0 Å². The molecular weight excluding hydrogens is 326 g/mol. The number of nitrogens with one attached hydrogen (secondary N) is 2. The molecule has 2 aliphatic heterocycles. The SMILES string of the molecule is O=C1NCCCC1C(=O)Nc1cccc(CN=S2(=O)CCCC2)c1. The van der Waals surface area contributed by atoms with Crippen molar-refractivity contribution in [3.63, 3.8) is 0 Å². The van der Waals surface area contributed by atoms with Crippen LogP contribution in [0.4, 0.5) is 5.69 Å². The molecule has 0 radical (unpaired) electrons. The summed E-state index contributed by atoms with van der Waals surface area (Å²) >= 11 is 0. The first-order chi connectivity index (χ1) is 11.6. The maximum atomic E-state index is 12.4. The Bertz CT molecular complexity index is 741. The Balaban J connectivity index is 1.65. The van der Waals surface area contributed by atoms with Crippen LogP contribution >= 0.6 is 0 Å². The number of anilines is 1. The van der Waals surface area contributed by atoms with Gasteiger partial charge in [0.15, 0.2) is 0 Å². The van der Waals surface area contributed by atoms with Crippen LogP contribution in [0.3, 0.4) is 0 Å². The molecule has 2 N–H and O–H groups in total. The van der Waals surface area contributed by atoms with Crippen LogP contribution in [0.1, 0.15) is 31.2 Å². The van der Waals surface area contributed by atoms with E-state index in [2.05, 4.69) is 15.0 Å². The van der Waals surface area contributed by atoms with Crippen molar-refractivity contribution in [2.45, 2.75) is 32.2 Å². The average molecular weight is 349 g/mol. The van der Waals surface area contributed by atoms with Crippen molar-refractivity contribution < 1.29 is 13.8 Å². The summed E-state index contributed by atoms with van der Waals surface area (Å²) in [4.78, 5) is 24.0. The third kappa shape index (κ3) is 4.14. The Labute approximate surface area is 142 Å². The number of rotatable bonds is 4. The van der Waals surface area contributed by atoms with E-state index in [1.54, 1.807) is 6.07 Å². The lowest BCUT2D eigenvalue weighted by Gasteiger charge is -2.21. The lowest BCUT2D eigenvalue weighted by molar-refractivity contribution is -0.134. The number of hydrogen-bond donors (Lipinski definition) is 2. The molecule has 0 saturated carbocycles. The zero-order valence-corrected chi connectivity index (χ0v) is 14.4. The van der Waals surface area contributed by atoms with Gasteiger partial charge in [-0.3, -0.25) is 9.59 Å². The fraction of sp³-hybridized carbons (Fsp3) is 0.529. The maximum absolute atomic E-state index is 12.4. The van der Waals surface area contributed by atoms with E-state index in [0.29, 0.717) is 36.7 Å². The number of carbonyl (C=O) groups is 2. The molecule has 2 fully saturated rings. The fourth-order valence-corrected chi connectivity index (χ4v) is 5.23. The smallest absolute Gasteiger partial charge is 0.236 e. The molecule has 0 aromatic heterocycles. The van der Waals surface area contributed by atoms with Crippen molar-refractivity contribution in [1.82, 2.24) is 5.32 Å². The number of benzene rings is 1. The van der Waals surface area contributed by atoms with Crippen LogP contribution in [0, 0.1) is 5.92 Å². The van der Waals surface area contributed by atoms with Gasteiger partial charge in [0.1, 0.15) is 5.92 Å². The molecule has 1 aromatic carbocycles. The third-order valence-electron chi connectivity index (χ3n) is 4.46. The average Bonchev–Trinajstić information content (AvgIpc) is 3.01. The van der Waals surface area contributed by atoms with E-state index in [9.17, 15) is 13.8 Å². The van der Waals surface area contributed by atoms with Crippen LogP contribution in [0.2, 0.25) is 0 Å². The quantitative estimate of drug-likeness (QED) is 0.814. The summed E-state index contributed by atoms with van der Waals surface area (Å²) in [5, 5.41) is 5.53. The summed E-state index contributed by atoms with van der Waals surface area (Å²) in [5.41, 5.74) is 1.56. The van der Waals surface area contributed by atoms with Gasteiger partial charge in [-0.2, -0.15) is 0 Å². The normalized spacial score (nSPS) is 22.7. The fourth-order valence-electron chi connectivity index (χ4n) is 3.08. The minimum absolute atomic E-state index is 0.206. The van der Waals surface area contributed by atoms with Crippen LogP contribution in [-0.2, 0) is 25.9 Å². The van der Waals surface area contributed by atoms with Gasteiger partial charge in [-0.1, -0.05) is 12.1 Å². The zero-order chi connectivity index (χ0) is 17.0. The summed E-state index contributed by atoms with van der Waals surface area (Å²) in [7, 11) is -2.03. The monoisotopic (exact) mass is 349 g/mol. The van der Waals surface area contributed by atoms with Gasteiger partial charge in [-0.05, 0) is 43.4 Å². The van der Waals surface area contributed by atoms with E-state index in [-0.39, 0.29) is 11.8 Å². The molecule has 0 bridgehead atoms. The third-order valence-corrected chi connectivity index (χ3v) is 6.91. The molecular formula is C17H23N3O3S. The lowest BCUT2D eigenvalue weighted by Crippen LogP contribution is -2.42. The molecule has 1 atom stereocenters. The summed E-state index contributed by atoms with van der Waals surface area (Å²) in [6.07, 6.45) is 3.37. The molecule has 2 saturated heterocycles. The minimum atomic E-state index is -2.03. The van der Waals surface area contributed by atoms with Crippen LogP contribution in [0.15, 0.2) is 28.6 Å². The summed E-state index contributed by atoms with van der Waals surface area (Å²) < 4.78 is 16.8. The summed E-state index contributed by atoms with van der Waals surface area (Å²) in [6, 6.07) is 7.37. The van der Waals surface area contributed by atoms with Crippen molar-refractivity contribution in [2.24, 2.45) is 10.3 Å². The molecule has 2 aliphatic rings. The van der Waals surface area contributed by atoms with E-state index < -0.39 is 15.6 Å². The first-order valence-corrected chi connectivity index (χ1v) is 10.3. The standard InChI is InChI=1S/C17H23N3O3S/c21-16-15(7-4-8-18-16)17(22)20-14-6-3-5-13(11-14)12-19-24(23)9-1-2-10-24/h3,5-6,11,15H,1-2,4,7-10,12H2,(H,18,21)(H,20,22). The van der Waals surface area contributed by atoms with Gasteiger partial charge in [0, 0.05) is 33.5 Å². The zero-order valence-electron chi connectivity index (χ0n) is 13.6. The van der Waals surface area contributed by atoms with E-state index in [1.807, 2.05) is 18.2 Å². The minimum Gasteiger partial charge on any atom is -0.355 e.